The Bertz CT molecular complexity index is 177. The van der Waals surface area contributed by atoms with Crippen LogP contribution in [0.3, 0.4) is 0 Å². The minimum atomic E-state index is 0. The highest BCUT2D eigenvalue weighted by Crippen LogP contribution is 2.08. The lowest BCUT2D eigenvalue weighted by atomic mass is 10.4. The summed E-state index contributed by atoms with van der Waals surface area (Å²) in [5.74, 6) is 1.21. The summed E-state index contributed by atoms with van der Waals surface area (Å²) >= 11 is 5.52. The van der Waals surface area contributed by atoms with Crippen LogP contribution in [0.5, 0.6) is 5.75 Å². The molecule has 0 fully saturated rings. The molecule has 0 saturated heterocycles. The number of nitrogens with zero attached hydrogens (tertiary/aromatic N) is 1. The Morgan fingerprint density at radius 1 is 1.55 bits per heavy atom. The maximum atomic E-state index is 5.52. The molecule has 0 radical (unpaired) electrons. The maximum absolute atomic E-state index is 5.52. The van der Waals surface area contributed by atoms with Crippen molar-refractivity contribution in [2.75, 3.05) is 7.11 Å². The van der Waals surface area contributed by atoms with Crippen LogP contribution in [0.1, 0.15) is 5.69 Å². The van der Waals surface area contributed by atoms with Gasteiger partial charge >= 0.3 is 0 Å². The largest absolute Gasteiger partial charge is 0.495 e. The van der Waals surface area contributed by atoms with E-state index >= 15 is 0 Å². The molecule has 1 aromatic rings. The normalized spacial score (nSPS) is 8.55. The molecule has 0 aliphatic rings. The van der Waals surface area contributed by atoms with Crippen LogP contribution < -0.4 is 4.74 Å². The van der Waals surface area contributed by atoms with Crippen LogP contribution in [0.15, 0.2) is 18.3 Å². The third-order valence-electron chi connectivity index (χ3n) is 1.17. The van der Waals surface area contributed by atoms with Gasteiger partial charge in [-0.2, -0.15) is 0 Å². The molecular weight excluding hydrogens is 185 g/mol. The molecule has 0 spiro atoms. The van der Waals surface area contributed by atoms with Gasteiger partial charge in [0.15, 0.2) is 0 Å². The van der Waals surface area contributed by atoms with Crippen molar-refractivity contribution in [2.45, 2.75) is 5.88 Å². The van der Waals surface area contributed by atoms with E-state index in [9.17, 15) is 0 Å². The van der Waals surface area contributed by atoms with Crippen LogP contribution in [-0.2, 0) is 5.88 Å². The Morgan fingerprint density at radius 2 is 2.27 bits per heavy atom. The number of pyridine rings is 1. The van der Waals surface area contributed by atoms with Gasteiger partial charge in [0.2, 0.25) is 0 Å². The third-order valence-corrected chi connectivity index (χ3v) is 1.44. The molecule has 1 heterocycles. The predicted molar refractivity (Wildman–Crippen MR) is 47.6 cm³/mol. The van der Waals surface area contributed by atoms with Gasteiger partial charge < -0.3 is 4.74 Å². The van der Waals surface area contributed by atoms with Gasteiger partial charge in [-0.1, -0.05) is 0 Å². The standard InChI is InChI=1S/C7H8ClNO.ClH/c1-10-7-3-2-6(4-8)9-5-7;/h2-3,5H,4H2,1H3;1H. The molecule has 0 saturated carbocycles. The van der Waals surface area contributed by atoms with E-state index in [1.807, 2.05) is 12.1 Å². The van der Waals surface area contributed by atoms with Gasteiger partial charge in [0.05, 0.1) is 24.9 Å². The zero-order chi connectivity index (χ0) is 7.40. The first-order valence-electron chi connectivity index (χ1n) is 2.91. The van der Waals surface area contributed by atoms with Gasteiger partial charge in [-0.05, 0) is 12.1 Å². The highest BCUT2D eigenvalue weighted by molar-refractivity contribution is 6.16. The Kier molecular flexibility index (Phi) is 4.99. The molecule has 1 aromatic heterocycles. The van der Waals surface area contributed by atoms with Gasteiger partial charge in [0, 0.05) is 0 Å². The van der Waals surface area contributed by atoms with Gasteiger partial charge in [-0.3, -0.25) is 4.98 Å². The van der Waals surface area contributed by atoms with Crippen molar-refractivity contribution in [3.05, 3.63) is 24.0 Å². The smallest absolute Gasteiger partial charge is 0.137 e. The molecule has 0 atom stereocenters. The first-order chi connectivity index (χ1) is 4.86. The third kappa shape index (κ3) is 2.95. The lowest BCUT2D eigenvalue weighted by Crippen LogP contribution is -1.86. The number of methoxy groups -OCH3 is 1. The molecule has 0 unspecified atom stereocenters. The second-order valence-electron chi connectivity index (χ2n) is 1.82. The summed E-state index contributed by atoms with van der Waals surface area (Å²) in [6, 6.07) is 3.68. The summed E-state index contributed by atoms with van der Waals surface area (Å²) in [5, 5.41) is 0. The van der Waals surface area contributed by atoms with Crippen molar-refractivity contribution in [3.63, 3.8) is 0 Å². The summed E-state index contributed by atoms with van der Waals surface area (Å²) in [6.45, 7) is 0. The molecule has 0 aliphatic heterocycles. The molecular formula is C7H9Cl2NO. The van der Waals surface area contributed by atoms with Crippen LogP contribution >= 0.6 is 24.0 Å². The topological polar surface area (TPSA) is 22.1 Å². The van der Waals surface area contributed by atoms with Crippen molar-refractivity contribution in [3.8, 4) is 5.75 Å². The van der Waals surface area contributed by atoms with Crippen LogP contribution in [0.25, 0.3) is 0 Å². The predicted octanol–water partition coefficient (Wildman–Crippen LogP) is 2.25. The molecule has 0 amide bonds. The Labute approximate surface area is 77.0 Å². The molecule has 0 N–H and O–H groups in total. The molecule has 1 rings (SSSR count). The fourth-order valence-electron chi connectivity index (χ4n) is 0.611. The van der Waals surface area contributed by atoms with Crippen molar-refractivity contribution in [1.29, 1.82) is 0 Å². The van der Waals surface area contributed by atoms with Gasteiger partial charge in [-0.15, -0.1) is 24.0 Å². The SMILES string of the molecule is COc1ccc(CCl)nc1.Cl. The Morgan fingerprint density at radius 3 is 2.64 bits per heavy atom. The average Bonchev–Trinajstić information content (AvgIpc) is 2.05. The van der Waals surface area contributed by atoms with Gasteiger partial charge in [0.25, 0.3) is 0 Å². The molecule has 0 bridgehead atoms. The summed E-state index contributed by atoms with van der Waals surface area (Å²) in [6.07, 6.45) is 1.65. The van der Waals surface area contributed by atoms with E-state index < -0.39 is 0 Å². The Hall–Kier alpha value is -0.470. The summed E-state index contributed by atoms with van der Waals surface area (Å²) < 4.78 is 4.91. The minimum Gasteiger partial charge on any atom is -0.495 e. The summed E-state index contributed by atoms with van der Waals surface area (Å²) in [5.41, 5.74) is 0.863. The number of hydrogen-bond acceptors (Lipinski definition) is 2. The van der Waals surface area contributed by atoms with Crippen molar-refractivity contribution in [1.82, 2.24) is 4.98 Å². The van der Waals surface area contributed by atoms with Crippen molar-refractivity contribution >= 4 is 24.0 Å². The number of halogens is 2. The second-order valence-corrected chi connectivity index (χ2v) is 2.09. The maximum Gasteiger partial charge on any atom is 0.137 e. The summed E-state index contributed by atoms with van der Waals surface area (Å²) in [4.78, 5) is 4.01. The lowest BCUT2D eigenvalue weighted by Gasteiger charge is -1.97. The zero-order valence-electron chi connectivity index (χ0n) is 6.08. The van der Waals surface area contributed by atoms with Crippen LogP contribution in [0, 0.1) is 0 Å². The van der Waals surface area contributed by atoms with E-state index in [-0.39, 0.29) is 12.4 Å². The van der Waals surface area contributed by atoms with E-state index in [1.54, 1.807) is 13.3 Å². The van der Waals surface area contributed by atoms with Crippen molar-refractivity contribution in [2.24, 2.45) is 0 Å². The monoisotopic (exact) mass is 193 g/mol. The molecule has 2 nitrogen and oxygen atoms in total. The number of aromatic nitrogens is 1. The lowest BCUT2D eigenvalue weighted by molar-refractivity contribution is 0.412. The van der Waals surface area contributed by atoms with Gasteiger partial charge in [0.1, 0.15) is 5.75 Å². The highest BCUT2D eigenvalue weighted by atomic mass is 35.5. The zero-order valence-corrected chi connectivity index (χ0v) is 7.65. The molecule has 0 aliphatic carbocycles. The fourth-order valence-corrected chi connectivity index (χ4v) is 0.769. The number of alkyl halides is 1. The molecule has 11 heavy (non-hydrogen) atoms. The first-order valence-corrected chi connectivity index (χ1v) is 3.45. The van der Waals surface area contributed by atoms with Crippen LogP contribution in [0.4, 0.5) is 0 Å². The first kappa shape index (κ1) is 10.5. The van der Waals surface area contributed by atoms with Crippen LogP contribution in [-0.4, -0.2) is 12.1 Å². The molecule has 62 valence electrons. The van der Waals surface area contributed by atoms with E-state index in [0.717, 1.165) is 11.4 Å². The molecule has 0 aromatic carbocycles. The van der Waals surface area contributed by atoms with Crippen LogP contribution in [0.2, 0.25) is 0 Å². The number of ether oxygens (including phenoxy) is 1. The van der Waals surface area contributed by atoms with E-state index in [2.05, 4.69) is 4.98 Å². The number of rotatable bonds is 2. The highest BCUT2D eigenvalue weighted by Gasteiger charge is 1.91. The minimum absolute atomic E-state index is 0. The fraction of sp³-hybridized carbons (Fsp3) is 0.286. The average molecular weight is 194 g/mol. The van der Waals surface area contributed by atoms with Gasteiger partial charge in [-0.25, -0.2) is 0 Å². The Balaban J connectivity index is 0.000001000. The number of hydrogen-bond donors (Lipinski definition) is 0. The molecule has 4 heteroatoms. The second kappa shape index (κ2) is 5.22. The van der Waals surface area contributed by atoms with E-state index in [1.165, 1.54) is 0 Å². The van der Waals surface area contributed by atoms with E-state index in [0.29, 0.717) is 5.88 Å². The quantitative estimate of drug-likeness (QED) is 0.673. The summed E-state index contributed by atoms with van der Waals surface area (Å²) in [7, 11) is 1.61. The van der Waals surface area contributed by atoms with E-state index in [4.69, 9.17) is 16.3 Å². The van der Waals surface area contributed by atoms with Crippen molar-refractivity contribution < 1.29 is 4.74 Å².